The highest BCUT2D eigenvalue weighted by Crippen LogP contribution is 2.34. The lowest BCUT2D eigenvalue weighted by Crippen LogP contribution is -1.99. The SMILES string of the molecule is c1ccc(-n2c(-c3cccc(-n4c5ccccc5c5cnccc54)c3)nc3ccccc32)cc1. The molecule has 0 unspecified atom stereocenters. The van der Waals surface area contributed by atoms with Crippen molar-refractivity contribution in [2.45, 2.75) is 0 Å². The first kappa shape index (κ1) is 18.8. The molecule has 7 rings (SSSR count). The number of benzene rings is 4. The summed E-state index contributed by atoms with van der Waals surface area (Å²) in [6, 6.07) is 37.9. The normalized spacial score (nSPS) is 11.5. The first-order chi connectivity index (χ1) is 16.9. The standard InChI is InChI=1S/C30H20N4/c1-2-10-22(11-3-1)34-29-16-7-5-14-26(29)32-30(34)21-9-8-12-23(19-21)33-27-15-6-4-13-24(27)25-20-31-18-17-28(25)33/h1-20H. The molecule has 3 heterocycles. The lowest BCUT2D eigenvalue weighted by Gasteiger charge is -2.12. The number of hydrogen-bond donors (Lipinski definition) is 0. The monoisotopic (exact) mass is 436 g/mol. The van der Waals surface area contributed by atoms with E-state index in [2.05, 4.69) is 111 Å². The Morgan fingerprint density at radius 2 is 1.26 bits per heavy atom. The van der Waals surface area contributed by atoms with Gasteiger partial charge in [-0.1, -0.05) is 60.7 Å². The summed E-state index contributed by atoms with van der Waals surface area (Å²) in [5.74, 6) is 0.927. The fourth-order valence-electron chi connectivity index (χ4n) is 4.94. The van der Waals surface area contributed by atoms with Gasteiger partial charge in [-0.25, -0.2) is 4.98 Å². The van der Waals surface area contributed by atoms with Gasteiger partial charge in [0.15, 0.2) is 0 Å². The van der Waals surface area contributed by atoms with Gasteiger partial charge >= 0.3 is 0 Å². The maximum atomic E-state index is 5.05. The van der Waals surface area contributed by atoms with Crippen molar-refractivity contribution < 1.29 is 0 Å². The molecular formula is C30H20N4. The first-order valence-electron chi connectivity index (χ1n) is 11.4. The van der Waals surface area contributed by atoms with E-state index in [0.717, 1.165) is 44.7 Å². The highest BCUT2D eigenvalue weighted by Gasteiger charge is 2.16. The lowest BCUT2D eigenvalue weighted by atomic mass is 10.1. The van der Waals surface area contributed by atoms with Gasteiger partial charge in [-0.15, -0.1) is 0 Å². The zero-order valence-electron chi connectivity index (χ0n) is 18.3. The molecule has 0 fully saturated rings. The van der Waals surface area contributed by atoms with E-state index in [1.807, 2.05) is 24.5 Å². The summed E-state index contributed by atoms with van der Waals surface area (Å²) >= 11 is 0. The van der Waals surface area contributed by atoms with Crippen molar-refractivity contribution in [3.63, 3.8) is 0 Å². The molecule has 0 radical (unpaired) electrons. The molecule has 0 spiro atoms. The van der Waals surface area contributed by atoms with Crippen molar-refractivity contribution in [3.8, 4) is 22.8 Å². The Bertz CT molecular complexity index is 1760. The van der Waals surface area contributed by atoms with Crippen LogP contribution in [-0.2, 0) is 0 Å². The minimum Gasteiger partial charge on any atom is -0.309 e. The Morgan fingerprint density at radius 3 is 2.18 bits per heavy atom. The molecule has 160 valence electrons. The summed E-state index contributed by atoms with van der Waals surface area (Å²) in [5, 5.41) is 2.35. The minimum atomic E-state index is 0.927. The number of aromatic nitrogens is 4. The zero-order chi connectivity index (χ0) is 22.5. The third-order valence-electron chi connectivity index (χ3n) is 6.41. The summed E-state index contributed by atoms with van der Waals surface area (Å²) in [6.07, 6.45) is 3.81. The third-order valence-corrected chi connectivity index (χ3v) is 6.41. The van der Waals surface area contributed by atoms with E-state index in [1.165, 1.54) is 10.9 Å². The van der Waals surface area contributed by atoms with Gasteiger partial charge in [0.1, 0.15) is 5.82 Å². The Balaban J connectivity index is 1.50. The number of pyridine rings is 1. The molecular weight excluding hydrogens is 416 g/mol. The number of rotatable bonds is 3. The Kier molecular flexibility index (Phi) is 4.11. The van der Waals surface area contributed by atoms with E-state index in [9.17, 15) is 0 Å². The van der Waals surface area contributed by atoms with Crippen LogP contribution in [0.15, 0.2) is 122 Å². The maximum Gasteiger partial charge on any atom is 0.145 e. The lowest BCUT2D eigenvalue weighted by molar-refractivity contribution is 1.10. The van der Waals surface area contributed by atoms with Gasteiger partial charge in [-0.05, 0) is 48.5 Å². The van der Waals surface area contributed by atoms with Crippen LogP contribution in [0.2, 0.25) is 0 Å². The van der Waals surface area contributed by atoms with Gasteiger partial charge in [0.25, 0.3) is 0 Å². The Morgan fingerprint density at radius 1 is 0.529 bits per heavy atom. The molecule has 34 heavy (non-hydrogen) atoms. The summed E-state index contributed by atoms with van der Waals surface area (Å²) < 4.78 is 4.55. The molecule has 4 aromatic carbocycles. The molecule has 0 aliphatic rings. The fraction of sp³-hybridized carbons (Fsp3) is 0. The van der Waals surface area contributed by atoms with Gasteiger partial charge in [0, 0.05) is 40.1 Å². The van der Waals surface area contributed by atoms with E-state index in [1.54, 1.807) is 0 Å². The Hall–Kier alpha value is -4.70. The number of imidazole rings is 1. The molecule has 4 nitrogen and oxygen atoms in total. The molecule has 3 aromatic heterocycles. The van der Waals surface area contributed by atoms with E-state index in [-0.39, 0.29) is 0 Å². The molecule has 0 aliphatic carbocycles. The maximum absolute atomic E-state index is 5.05. The molecule has 0 aliphatic heterocycles. The smallest absolute Gasteiger partial charge is 0.145 e. The largest absolute Gasteiger partial charge is 0.309 e. The van der Waals surface area contributed by atoms with Crippen molar-refractivity contribution in [1.82, 2.24) is 19.1 Å². The summed E-state index contributed by atoms with van der Waals surface area (Å²) in [6.45, 7) is 0. The predicted octanol–water partition coefficient (Wildman–Crippen LogP) is 7.18. The summed E-state index contributed by atoms with van der Waals surface area (Å²) in [4.78, 5) is 9.43. The van der Waals surface area contributed by atoms with Crippen LogP contribution in [0.5, 0.6) is 0 Å². The number of hydrogen-bond acceptors (Lipinski definition) is 2. The van der Waals surface area contributed by atoms with Crippen LogP contribution in [-0.4, -0.2) is 19.1 Å². The van der Waals surface area contributed by atoms with Crippen LogP contribution in [0.25, 0.3) is 55.6 Å². The van der Waals surface area contributed by atoms with Gasteiger partial charge in [-0.3, -0.25) is 9.55 Å². The van der Waals surface area contributed by atoms with Gasteiger partial charge < -0.3 is 4.57 Å². The summed E-state index contributed by atoms with van der Waals surface area (Å²) in [5.41, 5.74) is 7.65. The van der Waals surface area contributed by atoms with Crippen LogP contribution in [0, 0.1) is 0 Å². The van der Waals surface area contributed by atoms with Crippen molar-refractivity contribution >= 4 is 32.8 Å². The molecule has 0 atom stereocenters. The molecule has 0 amide bonds. The highest BCUT2D eigenvalue weighted by molar-refractivity contribution is 6.08. The molecule has 0 bridgehead atoms. The Labute approximate surface area is 196 Å². The quantitative estimate of drug-likeness (QED) is 0.294. The molecule has 0 saturated carbocycles. The van der Waals surface area contributed by atoms with Crippen molar-refractivity contribution in [3.05, 3.63) is 122 Å². The topological polar surface area (TPSA) is 35.6 Å². The van der Waals surface area contributed by atoms with Crippen LogP contribution >= 0.6 is 0 Å². The van der Waals surface area contributed by atoms with Crippen molar-refractivity contribution in [2.75, 3.05) is 0 Å². The fourth-order valence-corrected chi connectivity index (χ4v) is 4.94. The zero-order valence-corrected chi connectivity index (χ0v) is 18.3. The van der Waals surface area contributed by atoms with Gasteiger partial charge in [0.05, 0.1) is 22.1 Å². The predicted molar refractivity (Wildman–Crippen MR) is 139 cm³/mol. The number of nitrogens with zero attached hydrogens (tertiary/aromatic N) is 4. The van der Waals surface area contributed by atoms with Gasteiger partial charge in [-0.2, -0.15) is 0 Å². The molecule has 0 saturated heterocycles. The third kappa shape index (κ3) is 2.79. The van der Waals surface area contributed by atoms with E-state index in [4.69, 9.17) is 4.98 Å². The second kappa shape index (κ2) is 7.42. The molecule has 4 heteroatoms. The highest BCUT2D eigenvalue weighted by atomic mass is 15.1. The van der Waals surface area contributed by atoms with E-state index in [0.29, 0.717) is 0 Å². The van der Waals surface area contributed by atoms with Gasteiger partial charge in [0.2, 0.25) is 0 Å². The molecule has 0 N–H and O–H groups in total. The average molecular weight is 437 g/mol. The number of fused-ring (bicyclic) bond motifs is 4. The van der Waals surface area contributed by atoms with Crippen LogP contribution < -0.4 is 0 Å². The summed E-state index contributed by atoms with van der Waals surface area (Å²) in [7, 11) is 0. The number of para-hydroxylation sites is 4. The van der Waals surface area contributed by atoms with Crippen molar-refractivity contribution in [1.29, 1.82) is 0 Å². The van der Waals surface area contributed by atoms with Crippen LogP contribution in [0.4, 0.5) is 0 Å². The van der Waals surface area contributed by atoms with E-state index >= 15 is 0 Å². The molecule has 7 aromatic rings. The van der Waals surface area contributed by atoms with Crippen LogP contribution in [0.3, 0.4) is 0 Å². The van der Waals surface area contributed by atoms with Crippen LogP contribution in [0.1, 0.15) is 0 Å². The second-order valence-corrected chi connectivity index (χ2v) is 8.39. The van der Waals surface area contributed by atoms with Crippen molar-refractivity contribution in [2.24, 2.45) is 0 Å². The first-order valence-corrected chi connectivity index (χ1v) is 11.4. The second-order valence-electron chi connectivity index (χ2n) is 8.39. The van der Waals surface area contributed by atoms with E-state index < -0.39 is 0 Å². The average Bonchev–Trinajstić information content (AvgIpc) is 3.46. The minimum absolute atomic E-state index is 0.927.